The van der Waals surface area contributed by atoms with Gasteiger partial charge in [-0.15, -0.1) is 0 Å². The van der Waals surface area contributed by atoms with Gasteiger partial charge >= 0.3 is 5.97 Å². The van der Waals surface area contributed by atoms with Gasteiger partial charge in [-0.3, -0.25) is 4.79 Å². The van der Waals surface area contributed by atoms with E-state index < -0.39 is 0 Å². The molecule has 0 aliphatic rings. The summed E-state index contributed by atoms with van der Waals surface area (Å²) in [5.74, 6) is 0.736. The third kappa shape index (κ3) is 13.2. The maximum absolute atomic E-state index is 12.3. The zero-order valence-electron chi connectivity index (χ0n) is 24.9. The molecule has 2 aromatic carbocycles. The van der Waals surface area contributed by atoms with Crippen molar-refractivity contribution in [2.45, 2.75) is 124 Å². The Morgan fingerprint density at radius 2 is 1.10 bits per heavy atom. The van der Waals surface area contributed by atoms with Crippen molar-refractivity contribution < 1.29 is 14.6 Å². The lowest BCUT2D eigenvalue weighted by atomic mass is 9.91. The van der Waals surface area contributed by atoms with Gasteiger partial charge in [-0.05, 0) is 91.5 Å². The molecule has 0 unspecified atom stereocenters. The highest BCUT2D eigenvalue weighted by Crippen LogP contribution is 2.32. The van der Waals surface area contributed by atoms with E-state index in [1.807, 2.05) is 36.4 Å². The molecule has 0 heterocycles. The van der Waals surface area contributed by atoms with Crippen LogP contribution in [0.25, 0.3) is 11.1 Å². The summed E-state index contributed by atoms with van der Waals surface area (Å²) in [6.45, 7) is 6.58. The molecule has 0 amide bonds. The molecular formula is C36H52O3. The Morgan fingerprint density at radius 1 is 0.641 bits per heavy atom. The van der Waals surface area contributed by atoms with Crippen LogP contribution in [-0.2, 0) is 4.79 Å². The lowest BCUT2D eigenvalue weighted by Crippen LogP contribution is -2.07. The van der Waals surface area contributed by atoms with Crippen LogP contribution in [-0.4, -0.2) is 11.1 Å². The molecule has 2 aromatic rings. The van der Waals surface area contributed by atoms with Crippen LogP contribution in [0.1, 0.15) is 135 Å². The summed E-state index contributed by atoms with van der Waals surface area (Å²) in [4.78, 5) is 12.3. The van der Waals surface area contributed by atoms with E-state index >= 15 is 0 Å². The SMILES string of the molecule is CCCCCCCCC=CCCCCCCCC(=O)Oc1ccc(C(CC)=C(CC)c2ccc(O)cc2)cc1. The highest BCUT2D eigenvalue weighted by Gasteiger charge is 2.11. The van der Waals surface area contributed by atoms with Gasteiger partial charge in [0.1, 0.15) is 11.5 Å². The molecule has 0 radical (unpaired) electrons. The van der Waals surface area contributed by atoms with Gasteiger partial charge in [0.15, 0.2) is 0 Å². The van der Waals surface area contributed by atoms with Crippen molar-refractivity contribution in [3.05, 3.63) is 71.8 Å². The molecule has 3 heteroatoms. The molecule has 1 N–H and O–H groups in total. The Labute approximate surface area is 238 Å². The largest absolute Gasteiger partial charge is 0.508 e. The predicted octanol–water partition coefficient (Wildman–Crippen LogP) is 11.1. The van der Waals surface area contributed by atoms with Gasteiger partial charge in [-0.2, -0.15) is 0 Å². The monoisotopic (exact) mass is 532 g/mol. The summed E-state index contributed by atoms with van der Waals surface area (Å²) in [5, 5.41) is 9.63. The summed E-state index contributed by atoms with van der Waals surface area (Å²) in [6, 6.07) is 15.3. The molecule has 0 bridgehead atoms. The van der Waals surface area contributed by atoms with Crippen molar-refractivity contribution in [3.8, 4) is 11.5 Å². The maximum Gasteiger partial charge on any atom is 0.311 e. The minimum absolute atomic E-state index is 0.148. The predicted molar refractivity (Wildman–Crippen MR) is 167 cm³/mol. The molecular weight excluding hydrogens is 480 g/mol. The van der Waals surface area contributed by atoms with Crippen molar-refractivity contribution in [1.29, 1.82) is 0 Å². The van der Waals surface area contributed by atoms with E-state index in [4.69, 9.17) is 4.74 Å². The number of hydrogen-bond acceptors (Lipinski definition) is 3. The smallest absolute Gasteiger partial charge is 0.311 e. The molecule has 0 fully saturated rings. The number of allylic oxidation sites excluding steroid dienone is 4. The molecule has 39 heavy (non-hydrogen) atoms. The quantitative estimate of drug-likeness (QED) is 0.0606. The minimum Gasteiger partial charge on any atom is -0.508 e. The first-order chi connectivity index (χ1) is 19.1. The number of phenolic OH excluding ortho intramolecular Hbond substituents is 1. The molecule has 3 nitrogen and oxygen atoms in total. The summed E-state index contributed by atoms with van der Waals surface area (Å²) in [7, 11) is 0. The Hall–Kier alpha value is -2.81. The Kier molecular flexibility index (Phi) is 16.7. The number of carbonyl (C=O) groups excluding carboxylic acids is 1. The lowest BCUT2D eigenvalue weighted by Gasteiger charge is -2.15. The third-order valence-electron chi connectivity index (χ3n) is 7.36. The van der Waals surface area contributed by atoms with Gasteiger partial charge in [0.25, 0.3) is 0 Å². The van der Waals surface area contributed by atoms with Crippen LogP contribution in [0.3, 0.4) is 0 Å². The zero-order chi connectivity index (χ0) is 28.1. The molecule has 214 valence electrons. The molecule has 0 saturated carbocycles. The number of esters is 1. The molecule has 0 saturated heterocycles. The van der Waals surface area contributed by atoms with Gasteiger partial charge in [0.2, 0.25) is 0 Å². The normalized spacial score (nSPS) is 12.1. The van der Waals surface area contributed by atoms with Gasteiger partial charge in [0, 0.05) is 6.42 Å². The van der Waals surface area contributed by atoms with E-state index in [0.717, 1.165) is 36.8 Å². The van der Waals surface area contributed by atoms with Crippen molar-refractivity contribution in [2.24, 2.45) is 0 Å². The second-order valence-electron chi connectivity index (χ2n) is 10.5. The molecule has 2 rings (SSSR count). The number of carbonyl (C=O) groups is 1. The molecule has 0 spiro atoms. The molecule has 0 atom stereocenters. The second-order valence-corrected chi connectivity index (χ2v) is 10.5. The first-order valence-electron chi connectivity index (χ1n) is 15.6. The van der Waals surface area contributed by atoms with Crippen LogP contribution < -0.4 is 4.74 Å². The number of hydrogen-bond donors (Lipinski definition) is 1. The Morgan fingerprint density at radius 3 is 1.62 bits per heavy atom. The lowest BCUT2D eigenvalue weighted by molar-refractivity contribution is -0.134. The number of rotatable bonds is 20. The fourth-order valence-electron chi connectivity index (χ4n) is 5.09. The number of ether oxygens (including phenoxy) is 1. The van der Waals surface area contributed by atoms with Crippen LogP contribution in [0, 0.1) is 0 Å². The molecule has 0 aliphatic carbocycles. The van der Waals surface area contributed by atoms with Gasteiger partial charge in [-0.1, -0.05) is 109 Å². The maximum atomic E-state index is 12.3. The first-order valence-corrected chi connectivity index (χ1v) is 15.6. The van der Waals surface area contributed by atoms with Crippen LogP contribution in [0.5, 0.6) is 11.5 Å². The van der Waals surface area contributed by atoms with Crippen LogP contribution in [0.2, 0.25) is 0 Å². The zero-order valence-corrected chi connectivity index (χ0v) is 24.9. The van der Waals surface area contributed by atoms with Crippen LogP contribution in [0.4, 0.5) is 0 Å². The number of benzene rings is 2. The average molecular weight is 533 g/mol. The topological polar surface area (TPSA) is 46.5 Å². The fourth-order valence-corrected chi connectivity index (χ4v) is 5.09. The summed E-state index contributed by atoms with van der Waals surface area (Å²) in [6.07, 6.45) is 23.2. The van der Waals surface area contributed by atoms with Crippen molar-refractivity contribution in [3.63, 3.8) is 0 Å². The number of phenols is 1. The van der Waals surface area contributed by atoms with E-state index in [-0.39, 0.29) is 11.7 Å². The van der Waals surface area contributed by atoms with E-state index in [2.05, 4.69) is 32.9 Å². The van der Waals surface area contributed by atoms with E-state index in [1.54, 1.807) is 12.1 Å². The minimum atomic E-state index is -0.148. The van der Waals surface area contributed by atoms with E-state index in [0.29, 0.717) is 12.2 Å². The standard InChI is InChI=1S/C36H52O3/c1-4-7-8-9-10-11-12-13-14-15-16-17-18-19-20-21-36(38)39-33-28-24-31(25-29-33)35(6-3)34(5-2)30-22-26-32(37)27-23-30/h13-14,22-29,37H,4-12,15-21H2,1-3H3. The van der Waals surface area contributed by atoms with Crippen LogP contribution in [0.15, 0.2) is 60.7 Å². The van der Waals surface area contributed by atoms with E-state index in [9.17, 15) is 9.90 Å². The highest BCUT2D eigenvalue weighted by atomic mass is 16.5. The first kappa shape index (κ1) is 32.4. The molecule has 0 aliphatic heterocycles. The second kappa shape index (κ2) is 20.1. The Bertz CT molecular complexity index is 983. The summed E-state index contributed by atoms with van der Waals surface area (Å²) < 4.78 is 5.59. The average Bonchev–Trinajstić information content (AvgIpc) is 2.95. The van der Waals surface area contributed by atoms with Gasteiger partial charge in [-0.25, -0.2) is 0 Å². The van der Waals surface area contributed by atoms with Crippen molar-refractivity contribution in [2.75, 3.05) is 0 Å². The van der Waals surface area contributed by atoms with Gasteiger partial charge in [0.05, 0.1) is 0 Å². The van der Waals surface area contributed by atoms with Crippen molar-refractivity contribution >= 4 is 17.1 Å². The summed E-state index contributed by atoms with van der Waals surface area (Å²) >= 11 is 0. The third-order valence-corrected chi connectivity index (χ3v) is 7.36. The number of aromatic hydroxyl groups is 1. The molecule has 0 aromatic heterocycles. The summed E-state index contributed by atoms with van der Waals surface area (Å²) in [5.41, 5.74) is 4.81. The van der Waals surface area contributed by atoms with E-state index in [1.165, 1.54) is 81.8 Å². The van der Waals surface area contributed by atoms with Crippen molar-refractivity contribution in [1.82, 2.24) is 0 Å². The Balaban J connectivity index is 1.64. The van der Waals surface area contributed by atoms with Crippen LogP contribution >= 0.6 is 0 Å². The number of unbranched alkanes of at least 4 members (excludes halogenated alkanes) is 11. The fraction of sp³-hybridized carbons (Fsp3) is 0.528. The van der Waals surface area contributed by atoms with Gasteiger partial charge < -0.3 is 9.84 Å². The highest BCUT2D eigenvalue weighted by molar-refractivity contribution is 5.90.